The number of sulfonamides is 1. The number of nitriles is 1. The zero-order valence-electron chi connectivity index (χ0n) is 14.9. The average molecular weight is 420 g/mol. The van der Waals surface area contributed by atoms with Crippen LogP contribution in [0, 0.1) is 11.3 Å². The Morgan fingerprint density at radius 1 is 1.11 bits per heavy atom. The summed E-state index contributed by atoms with van der Waals surface area (Å²) in [5.41, 5.74) is 0.450. The van der Waals surface area contributed by atoms with E-state index in [0.717, 1.165) is 0 Å². The summed E-state index contributed by atoms with van der Waals surface area (Å²) < 4.78 is 32.2. The topological polar surface area (TPSA) is 90.7 Å². The highest BCUT2D eigenvalue weighted by Gasteiger charge is 2.30. The molecule has 3 rings (SSSR count). The summed E-state index contributed by atoms with van der Waals surface area (Å²) in [6.45, 7) is 0.820. The lowest BCUT2D eigenvalue weighted by Crippen LogP contribution is -2.51. The van der Waals surface area contributed by atoms with Crippen molar-refractivity contribution in [2.45, 2.75) is 4.90 Å². The van der Waals surface area contributed by atoms with Crippen LogP contribution in [0.25, 0.3) is 0 Å². The molecule has 1 fully saturated rings. The SMILES string of the molecule is N#Cc1cccc(OCC(=O)N2CCN(S(=O)(=O)c3ccc(Cl)cc3)CC2)c1. The second kappa shape index (κ2) is 8.61. The first-order valence-electron chi connectivity index (χ1n) is 8.56. The number of hydrogen-bond donors (Lipinski definition) is 0. The molecule has 28 heavy (non-hydrogen) atoms. The molecule has 1 saturated heterocycles. The van der Waals surface area contributed by atoms with Gasteiger partial charge in [-0.1, -0.05) is 17.7 Å². The first-order valence-corrected chi connectivity index (χ1v) is 10.4. The highest BCUT2D eigenvalue weighted by atomic mass is 35.5. The number of halogens is 1. The molecule has 7 nitrogen and oxygen atoms in total. The van der Waals surface area contributed by atoms with Crippen molar-refractivity contribution in [3.63, 3.8) is 0 Å². The number of nitrogens with zero attached hydrogens (tertiary/aromatic N) is 3. The van der Waals surface area contributed by atoms with Crippen LogP contribution in [0.3, 0.4) is 0 Å². The molecular weight excluding hydrogens is 402 g/mol. The van der Waals surface area contributed by atoms with Gasteiger partial charge in [-0.05, 0) is 42.5 Å². The Kier molecular flexibility index (Phi) is 6.19. The van der Waals surface area contributed by atoms with E-state index in [-0.39, 0.29) is 43.6 Å². The van der Waals surface area contributed by atoms with Crippen molar-refractivity contribution in [3.8, 4) is 11.8 Å². The maximum Gasteiger partial charge on any atom is 0.260 e. The van der Waals surface area contributed by atoms with Crippen LogP contribution in [0.15, 0.2) is 53.4 Å². The fourth-order valence-corrected chi connectivity index (χ4v) is 4.37. The van der Waals surface area contributed by atoms with Crippen LogP contribution in [0.5, 0.6) is 5.75 Å². The minimum absolute atomic E-state index is 0.168. The van der Waals surface area contributed by atoms with E-state index in [9.17, 15) is 13.2 Å². The Morgan fingerprint density at radius 3 is 2.43 bits per heavy atom. The van der Waals surface area contributed by atoms with Crippen LogP contribution in [-0.2, 0) is 14.8 Å². The first kappa shape index (κ1) is 20.1. The number of piperazine rings is 1. The number of amides is 1. The molecule has 0 aromatic heterocycles. The minimum Gasteiger partial charge on any atom is -0.484 e. The van der Waals surface area contributed by atoms with E-state index in [1.54, 1.807) is 29.2 Å². The lowest BCUT2D eigenvalue weighted by molar-refractivity contribution is -0.134. The molecule has 0 unspecified atom stereocenters. The molecule has 9 heteroatoms. The van der Waals surface area contributed by atoms with Gasteiger partial charge in [0.05, 0.1) is 16.5 Å². The fourth-order valence-electron chi connectivity index (χ4n) is 2.83. The molecular formula is C19H18ClN3O4S. The largest absolute Gasteiger partial charge is 0.484 e. The number of ether oxygens (including phenoxy) is 1. The van der Waals surface area contributed by atoms with Gasteiger partial charge >= 0.3 is 0 Å². The van der Waals surface area contributed by atoms with Crippen molar-refractivity contribution in [2.24, 2.45) is 0 Å². The Balaban J connectivity index is 1.55. The number of carbonyl (C=O) groups is 1. The van der Waals surface area contributed by atoms with E-state index in [1.807, 2.05) is 6.07 Å². The van der Waals surface area contributed by atoms with Crippen molar-refractivity contribution >= 4 is 27.5 Å². The van der Waals surface area contributed by atoms with E-state index < -0.39 is 10.0 Å². The molecule has 1 heterocycles. The summed E-state index contributed by atoms with van der Waals surface area (Å²) in [6.07, 6.45) is 0. The van der Waals surface area contributed by atoms with Crippen LogP contribution < -0.4 is 4.74 Å². The van der Waals surface area contributed by atoms with Crippen LogP contribution in [0.2, 0.25) is 5.02 Å². The van der Waals surface area contributed by atoms with E-state index in [1.165, 1.54) is 28.6 Å². The Labute approximate surface area is 168 Å². The average Bonchev–Trinajstić information content (AvgIpc) is 2.72. The maximum absolute atomic E-state index is 12.7. The Bertz CT molecular complexity index is 995. The second-order valence-corrected chi connectivity index (χ2v) is 8.54. The van der Waals surface area contributed by atoms with Crippen molar-refractivity contribution in [1.29, 1.82) is 5.26 Å². The van der Waals surface area contributed by atoms with Gasteiger partial charge < -0.3 is 9.64 Å². The molecule has 0 saturated carbocycles. The Hall–Kier alpha value is -2.60. The zero-order chi connectivity index (χ0) is 20.1. The molecule has 146 valence electrons. The van der Waals surface area contributed by atoms with Crippen LogP contribution in [0.1, 0.15) is 5.56 Å². The molecule has 0 aliphatic carbocycles. The van der Waals surface area contributed by atoms with Gasteiger partial charge in [0.15, 0.2) is 6.61 Å². The van der Waals surface area contributed by atoms with Gasteiger partial charge in [-0.3, -0.25) is 4.79 Å². The van der Waals surface area contributed by atoms with Gasteiger partial charge in [-0.15, -0.1) is 0 Å². The van der Waals surface area contributed by atoms with E-state index in [0.29, 0.717) is 16.3 Å². The highest BCUT2D eigenvalue weighted by molar-refractivity contribution is 7.89. The molecule has 0 spiro atoms. The molecule has 1 aliphatic rings. The molecule has 0 radical (unpaired) electrons. The number of carbonyl (C=O) groups excluding carboxylic acids is 1. The predicted molar refractivity (Wildman–Crippen MR) is 103 cm³/mol. The number of benzene rings is 2. The number of hydrogen-bond acceptors (Lipinski definition) is 5. The quantitative estimate of drug-likeness (QED) is 0.740. The van der Waals surface area contributed by atoms with Gasteiger partial charge in [0.1, 0.15) is 5.75 Å². The van der Waals surface area contributed by atoms with Gasteiger partial charge in [0.2, 0.25) is 10.0 Å². The molecule has 0 bridgehead atoms. The third-order valence-electron chi connectivity index (χ3n) is 4.37. The summed E-state index contributed by atoms with van der Waals surface area (Å²) in [4.78, 5) is 14.1. The second-order valence-electron chi connectivity index (χ2n) is 6.17. The Morgan fingerprint density at radius 2 is 1.79 bits per heavy atom. The predicted octanol–water partition coefficient (Wildman–Crippen LogP) is 2.12. The van der Waals surface area contributed by atoms with Gasteiger partial charge in [-0.2, -0.15) is 9.57 Å². The summed E-state index contributed by atoms with van der Waals surface area (Å²) in [6, 6.07) is 14.6. The summed E-state index contributed by atoms with van der Waals surface area (Å²) in [5, 5.41) is 9.36. The van der Waals surface area contributed by atoms with Crippen LogP contribution >= 0.6 is 11.6 Å². The molecule has 0 N–H and O–H groups in total. The summed E-state index contributed by atoms with van der Waals surface area (Å²) in [5.74, 6) is 0.210. The highest BCUT2D eigenvalue weighted by Crippen LogP contribution is 2.20. The molecule has 1 amide bonds. The van der Waals surface area contributed by atoms with Crippen molar-refractivity contribution in [2.75, 3.05) is 32.8 Å². The van der Waals surface area contributed by atoms with Gasteiger partial charge in [0.25, 0.3) is 5.91 Å². The minimum atomic E-state index is -3.62. The van der Waals surface area contributed by atoms with E-state index in [4.69, 9.17) is 21.6 Å². The maximum atomic E-state index is 12.7. The fraction of sp³-hybridized carbons (Fsp3) is 0.263. The summed E-state index contributed by atoms with van der Waals surface area (Å²) in [7, 11) is -3.62. The van der Waals surface area contributed by atoms with Gasteiger partial charge in [0, 0.05) is 31.2 Å². The summed E-state index contributed by atoms with van der Waals surface area (Å²) >= 11 is 5.81. The molecule has 2 aromatic carbocycles. The first-order chi connectivity index (χ1) is 13.4. The smallest absolute Gasteiger partial charge is 0.260 e. The molecule has 0 atom stereocenters. The molecule has 1 aliphatic heterocycles. The standard InChI is InChI=1S/C19H18ClN3O4S/c20-16-4-6-18(7-5-16)28(25,26)23-10-8-22(9-11-23)19(24)14-27-17-3-1-2-15(12-17)13-21/h1-7,12H,8-11,14H2. The van der Waals surface area contributed by atoms with Crippen molar-refractivity contribution in [1.82, 2.24) is 9.21 Å². The third kappa shape index (κ3) is 4.62. The third-order valence-corrected chi connectivity index (χ3v) is 6.53. The van der Waals surface area contributed by atoms with Crippen LogP contribution in [-0.4, -0.2) is 56.3 Å². The zero-order valence-corrected chi connectivity index (χ0v) is 16.5. The van der Waals surface area contributed by atoms with E-state index in [2.05, 4.69) is 0 Å². The lowest BCUT2D eigenvalue weighted by atomic mass is 10.2. The van der Waals surface area contributed by atoms with Crippen LogP contribution in [0.4, 0.5) is 0 Å². The van der Waals surface area contributed by atoms with E-state index >= 15 is 0 Å². The number of rotatable bonds is 5. The van der Waals surface area contributed by atoms with Crippen molar-refractivity contribution < 1.29 is 17.9 Å². The molecule has 2 aromatic rings. The van der Waals surface area contributed by atoms with Gasteiger partial charge in [-0.25, -0.2) is 8.42 Å². The van der Waals surface area contributed by atoms with Crippen molar-refractivity contribution in [3.05, 3.63) is 59.1 Å². The normalized spacial score (nSPS) is 15.1. The lowest BCUT2D eigenvalue weighted by Gasteiger charge is -2.34. The monoisotopic (exact) mass is 419 g/mol.